The Bertz CT molecular complexity index is 356. The predicted molar refractivity (Wildman–Crippen MR) is 74.8 cm³/mol. The first-order valence-electron chi connectivity index (χ1n) is 5.45. The summed E-state index contributed by atoms with van der Waals surface area (Å²) in [5.74, 6) is 1.56. The van der Waals surface area contributed by atoms with Gasteiger partial charge in [-0.3, -0.25) is 0 Å². The molecule has 0 atom stereocenters. The predicted octanol–water partition coefficient (Wildman–Crippen LogP) is 3.76. The zero-order chi connectivity index (χ0) is 12.7. The Kier molecular flexibility index (Phi) is 6.92. The number of hydrogen-bond donors (Lipinski definition) is 1. The van der Waals surface area contributed by atoms with E-state index in [0.29, 0.717) is 6.61 Å². The Balaban J connectivity index is 2.51. The van der Waals surface area contributed by atoms with Gasteiger partial charge in [-0.1, -0.05) is 0 Å². The highest BCUT2D eigenvalue weighted by atomic mass is 79.9. The topological polar surface area (TPSA) is 38.7 Å². The largest absolute Gasteiger partial charge is 0.496 e. The number of aliphatic hydroxyl groups excluding tert-OH is 1. The number of rotatable bonds is 7. The van der Waals surface area contributed by atoms with E-state index in [4.69, 9.17) is 14.6 Å². The van der Waals surface area contributed by atoms with Crippen molar-refractivity contribution in [2.24, 2.45) is 0 Å². The zero-order valence-electron chi connectivity index (χ0n) is 9.71. The van der Waals surface area contributed by atoms with Crippen molar-refractivity contribution >= 4 is 31.9 Å². The molecule has 0 unspecified atom stereocenters. The first-order chi connectivity index (χ1) is 8.19. The molecular formula is C12H16Br2O3. The molecule has 96 valence electrons. The molecule has 1 aromatic carbocycles. The van der Waals surface area contributed by atoms with Crippen LogP contribution in [0.5, 0.6) is 11.5 Å². The maximum atomic E-state index is 8.65. The van der Waals surface area contributed by atoms with Crippen LogP contribution in [0.15, 0.2) is 21.1 Å². The van der Waals surface area contributed by atoms with E-state index in [0.717, 1.165) is 39.7 Å². The summed E-state index contributed by atoms with van der Waals surface area (Å²) >= 11 is 6.86. The van der Waals surface area contributed by atoms with Gasteiger partial charge in [0.05, 0.1) is 22.7 Å². The van der Waals surface area contributed by atoms with Crippen LogP contribution in [-0.2, 0) is 0 Å². The van der Waals surface area contributed by atoms with Gasteiger partial charge in [0, 0.05) is 6.61 Å². The van der Waals surface area contributed by atoms with Gasteiger partial charge in [-0.05, 0) is 63.3 Å². The van der Waals surface area contributed by atoms with E-state index >= 15 is 0 Å². The van der Waals surface area contributed by atoms with Gasteiger partial charge in [0.2, 0.25) is 0 Å². The maximum Gasteiger partial charge on any atom is 0.134 e. The molecule has 0 amide bonds. The third-order valence-corrected chi connectivity index (χ3v) is 3.51. The molecule has 0 heterocycles. The van der Waals surface area contributed by atoms with Crippen LogP contribution < -0.4 is 9.47 Å². The molecule has 0 fully saturated rings. The fraction of sp³-hybridized carbons (Fsp3) is 0.500. The standard InChI is InChI=1S/C12H16Br2O3/c1-16-11-7-10(14)12(8-9(11)13)17-6-4-2-3-5-15/h7-8,15H,2-6H2,1H3. The fourth-order valence-corrected chi connectivity index (χ4v) is 2.27. The van der Waals surface area contributed by atoms with Gasteiger partial charge in [0.1, 0.15) is 11.5 Å². The van der Waals surface area contributed by atoms with Gasteiger partial charge in [-0.25, -0.2) is 0 Å². The normalized spacial score (nSPS) is 10.4. The number of unbranched alkanes of at least 4 members (excludes halogenated alkanes) is 2. The minimum atomic E-state index is 0.248. The highest BCUT2D eigenvalue weighted by Gasteiger charge is 2.07. The third-order valence-electron chi connectivity index (χ3n) is 2.27. The first kappa shape index (κ1) is 14.8. The summed E-state index contributed by atoms with van der Waals surface area (Å²) in [6.45, 7) is 0.898. The molecule has 1 N–H and O–H groups in total. The molecule has 0 bridgehead atoms. The highest BCUT2D eigenvalue weighted by molar-refractivity contribution is 9.11. The van der Waals surface area contributed by atoms with E-state index in [1.807, 2.05) is 12.1 Å². The molecule has 1 aromatic rings. The fourth-order valence-electron chi connectivity index (χ4n) is 1.35. The van der Waals surface area contributed by atoms with Crippen LogP contribution >= 0.6 is 31.9 Å². The first-order valence-corrected chi connectivity index (χ1v) is 7.04. The molecule has 0 aliphatic rings. The van der Waals surface area contributed by atoms with Gasteiger partial charge in [0.15, 0.2) is 0 Å². The lowest BCUT2D eigenvalue weighted by Crippen LogP contribution is -1.99. The SMILES string of the molecule is COc1cc(Br)c(OCCCCCO)cc1Br. The molecule has 0 aliphatic carbocycles. The summed E-state index contributed by atoms with van der Waals surface area (Å²) < 4.78 is 12.6. The number of halogens is 2. The van der Waals surface area contributed by atoms with E-state index in [9.17, 15) is 0 Å². The van der Waals surface area contributed by atoms with Gasteiger partial charge in [-0.2, -0.15) is 0 Å². The van der Waals surface area contributed by atoms with Crippen LogP contribution in [0.4, 0.5) is 0 Å². The summed E-state index contributed by atoms with van der Waals surface area (Å²) in [7, 11) is 1.63. The van der Waals surface area contributed by atoms with Gasteiger partial charge in [-0.15, -0.1) is 0 Å². The molecule has 0 spiro atoms. The second kappa shape index (κ2) is 7.95. The van der Waals surface area contributed by atoms with Crippen LogP contribution in [0.3, 0.4) is 0 Å². The number of methoxy groups -OCH3 is 1. The molecule has 17 heavy (non-hydrogen) atoms. The zero-order valence-corrected chi connectivity index (χ0v) is 12.9. The number of benzene rings is 1. The van der Waals surface area contributed by atoms with Gasteiger partial charge < -0.3 is 14.6 Å². The van der Waals surface area contributed by atoms with Crippen molar-refractivity contribution in [1.29, 1.82) is 0 Å². The van der Waals surface area contributed by atoms with Gasteiger partial charge in [0.25, 0.3) is 0 Å². The lowest BCUT2D eigenvalue weighted by Gasteiger charge is -2.11. The van der Waals surface area contributed by atoms with Crippen molar-refractivity contribution < 1.29 is 14.6 Å². The Hall–Kier alpha value is -0.260. The van der Waals surface area contributed by atoms with Crippen molar-refractivity contribution in [2.45, 2.75) is 19.3 Å². The minimum Gasteiger partial charge on any atom is -0.496 e. The quantitative estimate of drug-likeness (QED) is 0.745. The molecule has 0 saturated carbocycles. The van der Waals surface area contributed by atoms with Gasteiger partial charge >= 0.3 is 0 Å². The minimum absolute atomic E-state index is 0.248. The molecule has 0 aliphatic heterocycles. The number of hydrogen-bond acceptors (Lipinski definition) is 3. The van der Waals surface area contributed by atoms with E-state index in [1.165, 1.54) is 0 Å². The molecule has 0 radical (unpaired) electrons. The number of ether oxygens (including phenoxy) is 2. The summed E-state index contributed by atoms with van der Waals surface area (Å²) in [6, 6.07) is 3.75. The van der Waals surface area contributed by atoms with Crippen LogP contribution in [0, 0.1) is 0 Å². The van der Waals surface area contributed by atoms with E-state index in [1.54, 1.807) is 7.11 Å². The lowest BCUT2D eigenvalue weighted by atomic mass is 10.2. The summed E-state index contributed by atoms with van der Waals surface area (Å²) in [5.41, 5.74) is 0. The van der Waals surface area contributed by atoms with Crippen LogP contribution in [0.2, 0.25) is 0 Å². The second-order valence-corrected chi connectivity index (χ2v) is 5.26. The summed E-state index contributed by atoms with van der Waals surface area (Å²) in [6.07, 6.45) is 2.75. The number of aliphatic hydroxyl groups is 1. The van der Waals surface area contributed by atoms with Crippen LogP contribution in [0.25, 0.3) is 0 Å². The molecule has 5 heteroatoms. The summed E-state index contributed by atoms with van der Waals surface area (Å²) in [5, 5.41) is 8.65. The third kappa shape index (κ3) is 4.85. The molecule has 0 aromatic heterocycles. The van der Waals surface area contributed by atoms with E-state index < -0.39 is 0 Å². The summed E-state index contributed by atoms with van der Waals surface area (Å²) in [4.78, 5) is 0. The van der Waals surface area contributed by atoms with Crippen LogP contribution in [-0.4, -0.2) is 25.4 Å². The average Bonchev–Trinajstić information content (AvgIpc) is 2.32. The van der Waals surface area contributed by atoms with Crippen molar-refractivity contribution in [3.8, 4) is 11.5 Å². The Morgan fingerprint density at radius 3 is 2.35 bits per heavy atom. The van der Waals surface area contributed by atoms with Crippen molar-refractivity contribution in [1.82, 2.24) is 0 Å². The Morgan fingerprint density at radius 1 is 1.06 bits per heavy atom. The monoisotopic (exact) mass is 366 g/mol. The smallest absolute Gasteiger partial charge is 0.134 e. The van der Waals surface area contributed by atoms with E-state index in [-0.39, 0.29) is 6.61 Å². The maximum absolute atomic E-state index is 8.65. The van der Waals surface area contributed by atoms with Crippen molar-refractivity contribution in [3.63, 3.8) is 0 Å². The van der Waals surface area contributed by atoms with Crippen molar-refractivity contribution in [3.05, 3.63) is 21.1 Å². The van der Waals surface area contributed by atoms with Crippen LogP contribution in [0.1, 0.15) is 19.3 Å². The molecule has 0 saturated heterocycles. The van der Waals surface area contributed by atoms with Crippen molar-refractivity contribution in [2.75, 3.05) is 20.3 Å². The second-order valence-electron chi connectivity index (χ2n) is 3.55. The molecule has 1 rings (SSSR count). The Morgan fingerprint density at radius 2 is 1.71 bits per heavy atom. The van der Waals surface area contributed by atoms with E-state index in [2.05, 4.69) is 31.9 Å². The molecular weight excluding hydrogens is 352 g/mol. The molecule has 3 nitrogen and oxygen atoms in total. The Labute approximate surface area is 118 Å². The lowest BCUT2D eigenvalue weighted by molar-refractivity contribution is 0.265. The highest BCUT2D eigenvalue weighted by Crippen LogP contribution is 2.36. The average molecular weight is 368 g/mol.